The number of aliphatic hydroxyl groups excluding tert-OH is 2. The van der Waals surface area contributed by atoms with Crippen molar-refractivity contribution in [2.45, 2.75) is 57.2 Å². The van der Waals surface area contributed by atoms with E-state index >= 15 is 0 Å². The van der Waals surface area contributed by atoms with Crippen molar-refractivity contribution in [1.82, 2.24) is 15.2 Å². The molecule has 0 aromatic carbocycles. The Bertz CT molecular complexity index is 1050. The number of rotatable bonds is 7. The van der Waals surface area contributed by atoms with Crippen LogP contribution in [0.4, 0.5) is 11.6 Å². The molecule has 1 aliphatic carbocycles. The van der Waals surface area contributed by atoms with E-state index in [-0.39, 0.29) is 19.1 Å². The van der Waals surface area contributed by atoms with E-state index in [1.807, 2.05) is 25.1 Å². The maximum absolute atomic E-state index is 13.6. The van der Waals surface area contributed by atoms with Gasteiger partial charge in [-0.3, -0.25) is 10.1 Å². The molecule has 10 heteroatoms. The number of carbonyl (C=O) groups is 1. The van der Waals surface area contributed by atoms with Gasteiger partial charge in [-0.15, -0.1) is 0 Å². The van der Waals surface area contributed by atoms with Crippen molar-refractivity contribution in [2.75, 3.05) is 62.8 Å². The van der Waals surface area contributed by atoms with Crippen LogP contribution >= 0.6 is 0 Å². The molecule has 3 fully saturated rings. The Hall–Kier alpha value is -2.53. The number of nitrogens with zero attached hydrogens (tertiary/aromatic N) is 4. The average molecular weight is 513 g/mol. The minimum absolute atomic E-state index is 0.224. The Balaban J connectivity index is 1.36. The van der Waals surface area contributed by atoms with E-state index < -0.39 is 11.2 Å². The molecule has 1 aromatic rings. The number of nitrogens with one attached hydrogen (secondary N) is 2. The summed E-state index contributed by atoms with van der Waals surface area (Å²) in [6.07, 6.45) is 7.19. The fourth-order valence-electron chi connectivity index (χ4n) is 5.54. The number of amidine groups is 1. The largest absolute Gasteiger partial charge is 0.394 e. The van der Waals surface area contributed by atoms with Gasteiger partial charge in [0, 0.05) is 32.6 Å². The molecule has 4 N–H and O–H groups in total. The lowest BCUT2D eigenvalue weighted by atomic mass is 9.91. The number of pyridine rings is 1. The van der Waals surface area contributed by atoms with E-state index in [1.54, 1.807) is 13.0 Å². The van der Waals surface area contributed by atoms with Crippen LogP contribution in [-0.4, -0.2) is 95.6 Å². The summed E-state index contributed by atoms with van der Waals surface area (Å²) in [4.78, 5) is 27.7. The second-order valence-corrected chi connectivity index (χ2v) is 11.5. The third kappa shape index (κ3) is 5.82. The zero-order valence-corrected chi connectivity index (χ0v) is 22.0. The summed E-state index contributed by atoms with van der Waals surface area (Å²) in [5.74, 6) is 1.76. The number of piperidine rings is 1. The van der Waals surface area contributed by atoms with Crippen molar-refractivity contribution in [3.63, 3.8) is 0 Å². The van der Waals surface area contributed by atoms with Crippen molar-refractivity contribution in [1.29, 1.82) is 0 Å². The number of anilines is 2. The molecule has 1 unspecified atom stereocenters. The highest BCUT2D eigenvalue weighted by atomic mass is 16.5. The molecule has 5 rings (SSSR count). The van der Waals surface area contributed by atoms with Crippen molar-refractivity contribution in [3.05, 3.63) is 29.8 Å². The quantitative estimate of drug-likeness (QED) is 0.434. The van der Waals surface area contributed by atoms with Gasteiger partial charge in [0.15, 0.2) is 0 Å². The highest BCUT2D eigenvalue weighted by Crippen LogP contribution is 2.53. The lowest BCUT2D eigenvalue weighted by molar-refractivity contribution is -0.112. The van der Waals surface area contributed by atoms with Gasteiger partial charge >= 0.3 is 0 Å². The number of carbonyl (C=O) groups excluding carboxylic acids is 1. The van der Waals surface area contributed by atoms with Crippen LogP contribution in [0.15, 0.2) is 34.8 Å². The number of ether oxygens (including phenoxy) is 1. The van der Waals surface area contributed by atoms with Crippen molar-refractivity contribution in [3.8, 4) is 0 Å². The highest BCUT2D eigenvalue weighted by Gasteiger charge is 2.46. The van der Waals surface area contributed by atoms with Gasteiger partial charge in [0.1, 0.15) is 23.1 Å². The number of aliphatic hydroxyl groups is 2. The Kier molecular flexibility index (Phi) is 7.28. The molecule has 0 bridgehead atoms. The first kappa shape index (κ1) is 26.1. The minimum atomic E-state index is -0.888. The highest BCUT2D eigenvalue weighted by molar-refractivity contribution is 6.24. The molecule has 0 radical (unpaired) electrons. The minimum Gasteiger partial charge on any atom is -0.394 e. The number of dihydropyridines is 1. The monoisotopic (exact) mass is 512 g/mol. The topological polar surface area (TPSA) is 123 Å². The number of aliphatic imine (C=N–C) groups is 1. The average Bonchev–Trinajstić information content (AvgIpc) is 3.68. The lowest BCUT2D eigenvalue weighted by Gasteiger charge is -2.42. The van der Waals surface area contributed by atoms with Crippen molar-refractivity contribution < 1.29 is 19.7 Å². The van der Waals surface area contributed by atoms with Crippen molar-refractivity contribution >= 4 is 23.4 Å². The molecule has 2 saturated heterocycles. The van der Waals surface area contributed by atoms with Crippen LogP contribution in [0, 0.1) is 5.41 Å². The van der Waals surface area contributed by atoms with Crippen LogP contribution in [0.2, 0.25) is 0 Å². The second kappa shape index (κ2) is 10.3. The van der Waals surface area contributed by atoms with Gasteiger partial charge in [-0.1, -0.05) is 12.1 Å². The van der Waals surface area contributed by atoms with E-state index in [1.165, 1.54) is 12.8 Å². The molecular weight excluding hydrogens is 472 g/mol. The molecule has 1 amide bonds. The number of amides is 1. The Morgan fingerprint density at radius 2 is 1.78 bits per heavy atom. The molecule has 10 nitrogen and oxygen atoms in total. The fourth-order valence-corrected chi connectivity index (χ4v) is 5.54. The predicted octanol–water partition coefficient (Wildman–Crippen LogP) is 1.51. The van der Waals surface area contributed by atoms with Gasteiger partial charge < -0.3 is 30.1 Å². The molecule has 37 heavy (non-hydrogen) atoms. The number of likely N-dealkylation sites (tertiary alicyclic amines) is 1. The number of hydrogen-bond donors (Lipinski definition) is 4. The summed E-state index contributed by atoms with van der Waals surface area (Å²) in [6.45, 7) is 7.87. The normalized spacial score (nSPS) is 25.5. The summed E-state index contributed by atoms with van der Waals surface area (Å²) in [7, 11) is 0. The Morgan fingerprint density at radius 1 is 1.08 bits per heavy atom. The number of morpholine rings is 1. The Morgan fingerprint density at radius 3 is 2.43 bits per heavy atom. The summed E-state index contributed by atoms with van der Waals surface area (Å²) in [5.41, 5.74) is -0.613. The van der Waals surface area contributed by atoms with Gasteiger partial charge in [0.05, 0.1) is 37.5 Å². The third-order valence-electron chi connectivity index (χ3n) is 8.20. The third-order valence-corrected chi connectivity index (χ3v) is 8.20. The van der Waals surface area contributed by atoms with Crippen molar-refractivity contribution in [2.24, 2.45) is 10.4 Å². The lowest BCUT2D eigenvalue weighted by Crippen LogP contribution is -2.60. The maximum atomic E-state index is 13.6. The van der Waals surface area contributed by atoms with Gasteiger partial charge in [0.2, 0.25) is 0 Å². The molecule has 4 heterocycles. The van der Waals surface area contributed by atoms with E-state index in [0.29, 0.717) is 42.3 Å². The predicted molar refractivity (Wildman–Crippen MR) is 143 cm³/mol. The molecule has 3 aliphatic heterocycles. The molecule has 1 saturated carbocycles. The number of hydrogen-bond acceptors (Lipinski definition) is 9. The number of aromatic nitrogens is 1. The van der Waals surface area contributed by atoms with E-state index in [0.717, 1.165) is 44.8 Å². The zero-order valence-electron chi connectivity index (χ0n) is 22.0. The first-order valence-electron chi connectivity index (χ1n) is 13.4. The van der Waals surface area contributed by atoms with Gasteiger partial charge in [-0.05, 0) is 57.1 Å². The summed E-state index contributed by atoms with van der Waals surface area (Å²) in [6, 6.07) is 5.66. The summed E-state index contributed by atoms with van der Waals surface area (Å²) < 4.78 is 5.45. The molecule has 1 atom stereocenters. The van der Waals surface area contributed by atoms with Gasteiger partial charge in [0.25, 0.3) is 5.91 Å². The van der Waals surface area contributed by atoms with Gasteiger partial charge in [-0.25, -0.2) is 9.98 Å². The molecular formula is C27H40N6O4. The SMILES string of the molecule is CC(CO)(CO)NC1(C)CC=C(C(=O)Nc2cccc(N3CCOCC3)n2)C(N2CCC3(CC2)CC3)=N1. The smallest absolute Gasteiger partial charge is 0.260 e. The molecule has 4 aliphatic rings. The van der Waals surface area contributed by atoms with E-state index in [2.05, 4.69) is 25.4 Å². The standard InChI is InChI=1S/C27H40N6O4/c1-25(18-34,19-35)31-26(2)7-6-20(23(30-26)33-12-10-27(8-9-27)11-13-33)24(36)29-21-4-3-5-22(28-21)32-14-16-37-17-15-32/h3-6,31,34-35H,7-19H2,1-2H3,(H,28,29,36). The van der Waals surface area contributed by atoms with Crippen LogP contribution < -0.4 is 15.5 Å². The molecule has 202 valence electrons. The fraction of sp³-hybridized carbons (Fsp3) is 0.667. The Labute approximate surface area is 218 Å². The first-order valence-corrected chi connectivity index (χ1v) is 13.4. The first-order chi connectivity index (χ1) is 17.8. The zero-order chi connectivity index (χ0) is 26.1. The van der Waals surface area contributed by atoms with E-state index in [9.17, 15) is 15.0 Å². The van der Waals surface area contributed by atoms with Crippen LogP contribution in [0.5, 0.6) is 0 Å². The molecule has 1 spiro atoms. The summed E-state index contributed by atoms with van der Waals surface area (Å²) >= 11 is 0. The maximum Gasteiger partial charge on any atom is 0.260 e. The van der Waals surface area contributed by atoms with Crippen LogP contribution in [0.1, 0.15) is 46.0 Å². The molecule has 1 aromatic heterocycles. The summed E-state index contributed by atoms with van der Waals surface area (Å²) in [5, 5.41) is 26.0. The second-order valence-electron chi connectivity index (χ2n) is 11.5. The van der Waals surface area contributed by atoms with Crippen LogP contribution in [0.25, 0.3) is 0 Å². The van der Waals surface area contributed by atoms with Gasteiger partial charge in [-0.2, -0.15) is 0 Å². The van der Waals surface area contributed by atoms with E-state index in [4.69, 9.17) is 9.73 Å². The van der Waals surface area contributed by atoms with Crippen LogP contribution in [0.3, 0.4) is 0 Å². The van der Waals surface area contributed by atoms with Crippen LogP contribution in [-0.2, 0) is 9.53 Å².